The Labute approximate surface area is 89.1 Å². The summed E-state index contributed by atoms with van der Waals surface area (Å²) in [6.07, 6.45) is -0.970. The number of amides is 1. The summed E-state index contributed by atoms with van der Waals surface area (Å²) in [5.41, 5.74) is 2.48. The molecule has 0 atom stereocenters. The van der Waals surface area contributed by atoms with Crippen molar-refractivity contribution < 1.29 is 14.6 Å². The van der Waals surface area contributed by atoms with Gasteiger partial charge < -0.3 is 9.84 Å². The highest BCUT2D eigenvalue weighted by molar-refractivity contribution is 5.86. The van der Waals surface area contributed by atoms with Crippen LogP contribution < -0.4 is 9.64 Å². The molecule has 0 bridgehead atoms. The van der Waals surface area contributed by atoms with Gasteiger partial charge >= 0.3 is 6.09 Å². The van der Waals surface area contributed by atoms with Crippen molar-refractivity contribution >= 4 is 11.8 Å². The Kier molecular flexibility index (Phi) is 3.19. The van der Waals surface area contributed by atoms with E-state index in [0.29, 0.717) is 5.69 Å². The molecule has 4 nitrogen and oxygen atoms in total. The molecule has 0 fully saturated rings. The van der Waals surface area contributed by atoms with Crippen LogP contribution in [0.1, 0.15) is 11.1 Å². The molecule has 4 heteroatoms. The first-order valence-corrected chi connectivity index (χ1v) is 4.59. The summed E-state index contributed by atoms with van der Waals surface area (Å²) in [7, 11) is 3.12. The van der Waals surface area contributed by atoms with E-state index in [4.69, 9.17) is 9.84 Å². The van der Waals surface area contributed by atoms with Crippen LogP contribution in [0.3, 0.4) is 0 Å². The van der Waals surface area contributed by atoms with Crippen LogP contribution in [-0.4, -0.2) is 25.4 Å². The van der Waals surface area contributed by atoms with Gasteiger partial charge in [-0.1, -0.05) is 0 Å². The molecule has 0 radical (unpaired) electrons. The molecule has 0 aliphatic heterocycles. The van der Waals surface area contributed by atoms with E-state index in [2.05, 4.69) is 0 Å². The van der Waals surface area contributed by atoms with E-state index in [0.717, 1.165) is 16.9 Å². The van der Waals surface area contributed by atoms with E-state index in [1.54, 1.807) is 7.11 Å². The molecule has 1 aromatic carbocycles. The maximum atomic E-state index is 10.8. The van der Waals surface area contributed by atoms with Crippen molar-refractivity contribution in [3.05, 3.63) is 23.3 Å². The van der Waals surface area contributed by atoms with Gasteiger partial charge in [0.15, 0.2) is 0 Å². The van der Waals surface area contributed by atoms with E-state index in [1.165, 1.54) is 11.9 Å². The van der Waals surface area contributed by atoms with Gasteiger partial charge in [-0.15, -0.1) is 0 Å². The van der Waals surface area contributed by atoms with Crippen molar-refractivity contribution in [2.24, 2.45) is 0 Å². The van der Waals surface area contributed by atoms with Crippen LogP contribution in [0.4, 0.5) is 10.5 Å². The molecular weight excluding hydrogens is 194 g/mol. The Morgan fingerprint density at radius 3 is 2.40 bits per heavy atom. The van der Waals surface area contributed by atoms with Crippen molar-refractivity contribution in [2.75, 3.05) is 19.1 Å². The van der Waals surface area contributed by atoms with Crippen LogP contribution in [-0.2, 0) is 0 Å². The van der Waals surface area contributed by atoms with Crippen molar-refractivity contribution in [1.82, 2.24) is 0 Å². The van der Waals surface area contributed by atoms with Crippen molar-refractivity contribution in [2.45, 2.75) is 13.8 Å². The minimum atomic E-state index is -0.970. The fourth-order valence-electron chi connectivity index (χ4n) is 1.46. The quantitative estimate of drug-likeness (QED) is 0.813. The lowest BCUT2D eigenvalue weighted by molar-refractivity contribution is 0.203. The third-order valence-electron chi connectivity index (χ3n) is 2.36. The molecule has 0 aliphatic carbocycles. The van der Waals surface area contributed by atoms with Gasteiger partial charge in [0.2, 0.25) is 0 Å². The number of methoxy groups -OCH3 is 1. The van der Waals surface area contributed by atoms with E-state index in [9.17, 15) is 4.79 Å². The van der Waals surface area contributed by atoms with Gasteiger partial charge in [0.25, 0.3) is 0 Å². The Morgan fingerprint density at radius 1 is 1.33 bits per heavy atom. The Bertz CT molecular complexity index is 388. The van der Waals surface area contributed by atoms with E-state index in [1.807, 2.05) is 26.0 Å². The van der Waals surface area contributed by atoms with Crippen LogP contribution in [0.5, 0.6) is 5.75 Å². The number of anilines is 1. The van der Waals surface area contributed by atoms with Crippen LogP contribution in [0, 0.1) is 13.8 Å². The standard InChI is InChI=1S/C11H15NO3/c1-7-6-10(15-4)8(2)5-9(7)12(3)11(13)14/h5-6H,1-4H3,(H,13,14). The van der Waals surface area contributed by atoms with Gasteiger partial charge in [0.1, 0.15) is 5.75 Å². The number of rotatable bonds is 2. The zero-order chi connectivity index (χ0) is 11.6. The topological polar surface area (TPSA) is 49.8 Å². The second-order valence-corrected chi connectivity index (χ2v) is 3.45. The molecule has 15 heavy (non-hydrogen) atoms. The summed E-state index contributed by atoms with van der Waals surface area (Å²) in [6, 6.07) is 3.65. The monoisotopic (exact) mass is 209 g/mol. The summed E-state index contributed by atoms with van der Waals surface area (Å²) in [6.45, 7) is 3.74. The van der Waals surface area contributed by atoms with Crippen LogP contribution in [0.15, 0.2) is 12.1 Å². The maximum Gasteiger partial charge on any atom is 0.411 e. The van der Waals surface area contributed by atoms with Gasteiger partial charge in [0.05, 0.1) is 12.8 Å². The van der Waals surface area contributed by atoms with Crippen molar-refractivity contribution in [1.29, 1.82) is 0 Å². The van der Waals surface area contributed by atoms with Gasteiger partial charge in [-0.25, -0.2) is 4.79 Å². The van der Waals surface area contributed by atoms with Crippen LogP contribution in [0.25, 0.3) is 0 Å². The molecule has 0 spiro atoms. The van der Waals surface area contributed by atoms with E-state index >= 15 is 0 Å². The first kappa shape index (κ1) is 11.4. The SMILES string of the molecule is COc1cc(C)c(N(C)C(=O)O)cc1C. The fraction of sp³-hybridized carbons (Fsp3) is 0.364. The molecule has 82 valence electrons. The first-order chi connectivity index (χ1) is 6.97. The number of aryl methyl sites for hydroxylation is 2. The Morgan fingerprint density at radius 2 is 1.93 bits per heavy atom. The Balaban J connectivity index is 3.21. The Hall–Kier alpha value is -1.71. The number of nitrogens with zero attached hydrogens (tertiary/aromatic N) is 1. The van der Waals surface area contributed by atoms with Crippen molar-refractivity contribution in [3.8, 4) is 5.75 Å². The molecule has 1 N–H and O–H groups in total. The highest BCUT2D eigenvalue weighted by Crippen LogP contribution is 2.27. The fourth-order valence-corrected chi connectivity index (χ4v) is 1.46. The molecule has 0 aliphatic rings. The molecule has 0 unspecified atom stereocenters. The largest absolute Gasteiger partial charge is 0.496 e. The predicted octanol–water partition coefficient (Wildman–Crippen LogP) is 2.43. The third-order valence-corrected chi connectivity index (χ3v) is 2.36. The summed E-state index contributed by atoms with van der Waals surface area (Å²) >= 11 is 0. The molecule has 1 amide bonds. The average Bonchev–Trinajstić information content (AvgIpc) is 2.19. The first-order valence-electron chi connectivity index (χ1n) is 4.59. The average molecular weight is 209 g/mol. The lowest BCUT2D eigenvalue weighted by Crippen LogP contribution is -2.24. The maximum absolute atomic E-state index is 10.8. The zero-order valence-electron chi connectivity index (χ0n) is 9.37. The molecule has 0 saturated carbocycles. The predicted molar refractivity (Wildman–Crippen MR) is 58.9 cm³/mol. The number of benzene rings is 1. The zero-order valence-corrected chi connectivity index (χ0v) is 9.37. The van der Waals surface area contributed by atoms with Gasteiger partial charge in [0, 0.05) is 7.05 Å². The lowest BCUT2D eigenvalue weighted by Gasteiger charge is -2.18. The summed E-state index contributed by atoms with van der Waals surface area (Å²) < 4.78 is 5.16. The second kappa shape index (κ2) is 4.21. The number of carbonyl (C=O) groups is 1. The molecule has 0 aromatic heterocycles. The number of carboxylic acid groups (broad SMARTS) is 1. The second-order valence-electron chi connectivity index (χ2n) is 3.45. The number of hydrogen-bond donors (Lipinski definition) is 1. The summed E-state index contributed by atoms with van der Waals surface area (Å²) in [4.78, 5) is 12.0. The minimum absolute atomic E-state index is 0.681. The van der Waals surface area contributed by atoms with Crippen molar-refractivity contribution in [3.63, 3.8) is 0 Å². The lowest BCUT2D eigenvalue weighted by atomic mass is 10.1. The molecule has 0 saturated heterocycles. The van der Waals surface area contributed by atoms with Gasteiger partial charge in [-0.3, -0.25) is 4.90 Å². The summed E-state index contributed by atoms with van der Waals surface area (Å²) in [5.74, 6) is 0.773. The summed E-state index contributed by atoms with van der Waals surface area (Å²) in [5, 5.41) is 8.87. The highest BCUT2D eigenvalue weighted by atomic mass is 16.5. The molecular formula is C11H15NO3. The molecule has 1 rings (SSSR count). The van der Waals surface area contributed by atoms with E-state index < -0.39 is 6.09 Å². The number of hydrogen-bond acceptors (Lipinski definition) is 2. The van der Waals surface area contributed by atoms with Gasteiger partial charge in [-0.05, 0) is 37.1 Å². The van der Waals surface area contributed by atoms with Crippen LogP contribution in [0.2, 0.25) is 0 Å². The van der Waals surface area contributed by atoms with Gasteiger partial charge in [-0.2, -0.15) is 0 Å². The van der Waals surface area contributed by atoms with E-state index in [-0.39, 0.29) is 0 Å². The molecule has 0 heterocycles. The minimum Gasteiger partial charge on any atom is -0.496 e. The smallest absolute Gasteiger partial charge is 0.411 e. The third kappa shape index (κ3) is 2.21. The number of ether oxygens (including phenoxy) is 1. The highest BCUT2D eigenvalue weighted by Gasteiger charge is 2.13. The van der Waals surface area contributed by atoms with Crippen LogP contribution >= 0.6 is 0 Å². The molecule has 1 aromatic rings. The normalized spacial score (nSPS) is 9.87.